The summed E-state index contributed by atoms with van der Waals surface area (Å²) >= 11 is 0. The highest BCUT2D eigenvalue weighted by atomic mass is 15.6. The standard InChI is InChI=1S/C6H17N2/c1-5-8(4,6-2)7-3/h7H,5-6H2,1-4H3/q+1. The first kappa shape index (κ1) is 7.92. The van der Waals surface area contributed by atoms with E-state index < -0.39 is 0 Å². The van der Waals surface area contributed by atoms with E-state index in [-0.39, 0.29) is 0 Å². The molecule has 8 heavy (non-hydrogen) atoms. The third-order valence-corrected chi connectivity index (χ3v) is 1.94. The van der Waals surface area contributed by atoms with Gasteiger partial charge in [0.15, 0.2) is 0 Å². The van der Waals surface area contributed by atoms with Crippen LogP contribution in [0, 0.1) is 0 Å². The minimum Gasteiger partial charge on any atom is -0.249 e. The molecule has 0 aliphatic rings. The maximum Gasteiger partial charge on any atom is 0.0931 e. The van der Waals surface area contributed by atoms with Gasteiger partial charge in [0, 0.05) is 7.05 Å². The molecule has 0 spiro atoms. The van der Waals surface area contributed by atoms with Crippen molar-refractivity contribution in [3.05, 3.63) is 0 Å². The van der Waals surface area contributed by atoms with Crippen molar-refractivity contribution in [1.29, 1.82) is 0 Å². The van der Waals surface area contributed by atoms with Crippen LogP contribution in [0.5, 0.6) is 0 Å². The van der Waals surface area contributed by atoms with Crippen molar-refractivity contribution in [2.24, 2.45) is 0 Å². The predicted octanol–water partition coefficient (Wildman–Crippen LogP) is 0.607. The second-order valence-electron chi connectivity index (χ2n) is 2.25. The van der Waals surface area contributed by atoms with Gasteiger partial charge >= 0.3 is 0 Å². The van der Waals surface area contributed by atoms with Crippen LogP contribution < -0.4 is 5.43 Å². The Morgan fingerprint density at radius 3 is 1.62 bits per heavy atom. The van der Waals surface area contributed by atoms with E-state index in [2.05, 4.69) is 26.3 Å². The molecule has 2 nitrogen and oxygen atoms in total. The van der Waals surface area contributed by atoms with Gasteiger partial charge in [-0.1, -0.05) is 0 Å². The van der Waals surface area contributed by atoms with Crippen LogP contribution in [0.1, 0.15) is 13.8 Å². The fraction of sp³-hybridized carbons (Fsp3) is 1.00. The zero-order valence-electron chi connectivity index (χ0n) is 6.36. The van der Waals surface area contributed by atoms with Crippen molar-refractivity contribution in [3.8, 4) is 0 Å². The Balaban J connectivity index is 3.58. The van der Waals surface area contributed by atoms with E-state index in [1.54, 1.807) is 0 Å². The Morgan fingerprint density at radius 1 is 1.25 bits per heavy atom. The summed E-state index contributed by atoms with van der Waals surface area (Å²) in [6.07, 6.45) is 0. The molecular weight excluding hydrogens is 100 g/mol. The molecule has 50 valence electrons. The summed E-state index contributed by atoms with van der Waals surface area (Å²) in [7, 11) is 4.17. The van der Waals surface area contributed by atoms with Crippen LogP contribution in [-0.4, -0.2) is 31.8 Å². The highest BCUT2D eigenvalue weighted by Gasteiger charge is 2.11. The minimum atomic E-state index is 0.958. The van der Waals surface area contributed by atoms with Crippen molar-refractivity contribution in [3.63, 3.8) is 0 Å². The van der Waals surface area contributed by atoms with Gasteiger partial charge in [-0.3, -0.25) is 0 Å². The van der Waals surface area contributed by atoms with Crippen molar-refractivity contribution in [2.75, 3.05) is 27.2 Å². The van der Waals surface area contributed by atoms with Crippen LogP contribution in [0.3, 0.4) is 0 Å². The third-order valence-electron chi connectivity index (χ3n) is 1.94. The van der Waals surface area contributed by atoms with Gasteiger partial charge in [-0.15, -0.1) is 0 Å². The average molecular weight is 117 g/mol. The summed E-state index contributed by atoms with van der Waals surface area (Å²) in [4.78, 5) is 0. The van der Waals surface area contributed by atoms with Crippen LogP contribution >= 0.6 is 0 Å². The maximum atomic E-state index is 3.22. The Labute approximate surface area is 52.1 Å². The van der Waals surface area contributed by atoms with Crippen molar-refractivity contribution in [2.45, 2.75) is 13.8 Å². The van der Waals surface area contributed by atoms with E-state index in [1.807, 2.05) is 7.05 Å². The second-order valence-corrected chi connectivity index (χ2v) is 2.25. The molecule has 0 fully saturated rings. The number of rotatable bonds is 3. The molecule has 0 aliphatic carbocycles. The molecule has 0 unspecified atom stereocenters. The van der Waals surface area contributed by atoms with Crippen LogP contribution in [0.2, 0.25) is 0 Å². The summed E-state index contributed by atoms with van der Waals surface area (Å²) in [6, 6.07) is 0. The molecular formula is C6H17N2+. The number of hydrogen-bond donors (Lipinski definition) is 1. The molecule has 0 atom stereocenters. The first-order valence-electron chi connectivity index (χ1n) is 3.22. The van der Waals surface area contributed by atoms with Crippen molar-refractivity contribution >= 4 is 0 Å². The summed E-state index contributed by atoms with van der Waals surface area (Å²) in [5, 5.41) is 0. The molecule has 0 saturated heterocycles. The number of nitrogens with zero attached hydrogens (tertiary/aromatic N) is 1. The first-order valence-corrected chi connectivity index (χ1v) is 3.22. The Kier molecular flexibility index (Phi) is 3.02. The van der Waals surface area contributed by atoms with Gasteiger partial charge in [-0.2, -0.15) is 5.43 Å². The lowest BCUT2D eigenvalue weighted by Crippen LogP contribution is -2.52. The van der Waals surface area contributed by atoms with Gasteiger partial charge in [0.25, 0.3) is 0 Å². The first-order chi connectivity index (χ1) is 3.68. The van der Waals surface area contributed by atoms with Crippen LogP contribution in [0.15, 0.2) is 0 Å². The lowest BCUT2D eigenvalue weighted by molar-refractivity contribution is -0.946. The number of quaternary nitrogens is 1. The van der Waals surface area contributed by atoms with Gasteiger partial charge < -0.3 is 0 Å². The second kappa shape index (κ2) is 3.05. The van der Waals surface area contributed by atoms with E-state index in [9.17, 15) is 0 Å². The molecule has 0 radical (unpaired) electrons. The third kappa shape index (κ3) is 1.80. The molecule has 0 bridgehead atoms. The molecule has 0 rings (SSSR count). The quantitative estimate of drug-likeness (QED) is 0.422. The molecule has 0 aromatic carbocycles. The molecule has 0 aromatic rings. The zero-order valence-corrected chi connectivity index (χ0v) is 6.36. The molecule has 2 heteroatoms. The average Bonchev–Trinajstić information content (AvgIpc) is 1.87. The summed E-state index contributed by atoms with van der Waals surface area (Å²) < 4.78 is 0.958. The van der Waals surface area contributed by atoms with Crippen LogP contribution in [0.4, 0.5) is 0 Å². The predicted molar refractivity (Wildman–Crippen MR) is 36.3 cm³/mol. The minimum absolute atomic E-state index is 0.958. The molecule has 0 saturated carbocycles. The summed E-state index contributed by atoms with van der Waals surface area (Å²) in [5.41, 5.74) is 3.22. The lowest BCUT2D eigenvalue weighted by atomic mass is 10.5. The monoisotopic (exact) mass is 117 g/mol. The largest absolute Gasteiger partial charge is 0.249 e. The lowest BCUT2D eigenvalue weighted by Gasteiger charge is -2.29. The van der Waals surface area contributed by atoms with E-state index in [0.717, 1.165) is 17.7 Å². The van der Waals surface area contributed by atoms with Gasteiger partial charge in [0.1, 0.15) is 0 Å². The highest BCUT2D eigenvalue weighted by Crippen LogP contribution is 1.91. The fourth-order valence-electron chi connectivity index (χ4n) is 0.540. The number of hydrogen-bond acceptors (Lipinski definition) is 1. The smallest absolute Gasteiger partial charge is 0.0931 e. The molecule has 0 aromatic heterocycles. The fourth-order valence-corrected chi connectivity index (χ4v) is 0.540. The van der Waals surface area contributed by atoms with Gasteiger partial charge in [0.2, 0.25) is 0 Å². The van der Waals surface area contributed by atoms with Crippen molar-refractivity contribution in [1.82, 2.24) is 5.43 Å². The Bertz CT molecular complexity index is 49.3. The number of nitrogens with one attached hydrogen (secondary N) is 1. The molecule has 0 heterocycles. The van der Waals surface area contributed by atoms with E-state index >= 15 is 0 Å². The SMILES string of the molecule is CC[N+](C)(CC)NC. The van der Waals surface area contributed by atoms with Gasteiger partial charge in [-0.05, 0) is 13.8 Å². The molecule has 0 aliphatic heterocycles. The Hall–Kier alpha value is -0.0800. The van der Waals surface area contributed by atoms with Crippen LogP contribution in [0.25, 0.3) is 0 Å². The normalized spacial score (nSPS) is 12.0. The Morgan fingerprint density at radius 2 is 1.62 bits per heavy atom. The topological polar surface area (TPSA) is 12.0 Å². The summed E-state index contributed by atoms with van der Waals surface area (Å²) in [5.74, 6) is 0. The van der Waals surface area contributed by atoms with Gasteiger partial charge in [0.05, 0.1) is 20.1 Å². The maximum absolute atomic E-state index is 3.22. The van der Waals surface area contributed by atoms with E-state index in [1.165, 1.54) is 0 Å². The summed E-state index contributed by atoms with van der Waals surface area (Å²) in [6.45, 7) is 6.65. The zero-order chi connectivity index (χ0) is 6.62. The van der Waals surface area contributed by atoms with Gasteiger partial charge in [-0.25, -0.2) is 4.59 Å². The van der Waals surface area contributed by atoms with E-state index in [0.29, 0.717) is 0 Å². The molecule has 1 N–H and O–H groups in total. The van der Waals surface area contributed by atoms with E-state index in [4.69, 9.17) is 0 Å². The van der Waals surface area contributed by atoms with Crippen molar-refractivity contribution < 1.29 is 4.59 Å². The molecule has 0 amide bonds. The highest BCUT2D eigenvalue weighted by molar-refractivity contribution is 4.18. The van der Waals surface area contributed by atoms with Crippen LogP contribution in [-0.2, 0) is 0 Å².